The van der Waals surface area contributed by atoms with E-state index in [9.17, 15) is 0 Å². The Morgan fingerprint density at radius 2 is 1.94 bits per heavy atom. The Balaban J connectivity index is 2.12. The van der Waals surface area contributed by atoms with E-state index in [2.05, 4.69) is 23.6 Å². The van der Waals surface area contributed by atoms with Crippen LogP contribution in [0.4, 0.5) is 0 Å². The fourth-order valence-corrected chi connectivity index (χ4v) is 2.38. The van der Waals surface area contributed by atoms with E-state index < -0.39 is 0 Å². The van der Waals surface area contributed by atoms with Gasteiger partial charge in [-0.05, 0) is 25.0 Å². The van der Waals surface area contributed by atoms with Gasteiger partial charge in [0.05, 0.1) is 14.2 Å². The van der Waals surface area contributed by atoms with Crippen LogP contribution in [0.15, 0.2) is 18.2 Å². The van der Waals surface area contributed by atoms with Crippen LogP contribution in [0.5, 0.6) is 11.5 Å². The van der Waals surface area contributed by atoms with Crippen LogP contribution in [-0.2, 0) is 6.42 Å². The van der Waals surface area contributed by atoms with Gasteiger partial charge in [-0.1, -0.05) is 6.07 Å². The zero-order valence-electron chi connectivity index (χ0n) is 11.3. The molecule has 4 nitrogen and oxygen atoms in total. The smallest absolute Gasteiger partial charge is 0.125 e. The zero-order chi connectivity index (χ0) is 13.0. The number of hydrogen-bond acceptors (Lipinski definition) is 4. The number of methoxy groups -OCH3 is 2. The van der Waals surface area contributed by atoms with Gasteiger partial charge in [-0.25, -0.2) is 0 Å². The fourth-order valence-electron chi connectivity index (χ4n) is 2.38. The van der Waals surface area contributed by atoms with Crippen LogP contribution in [0.1, 0.15) is 12.5 Å². The van der Waals surface area contributed by atoms with Crippen molar-refractivity contribution < 1.29 is 9.47 Å². The summed E-state index contributed by atoms with van der Waals surface area (Å²) >= 11 is 0. The molecular formula is C14H22N2O2. The van der Waals surface area contributed by atoms with Crippen LogP contribution < -0.4 is 20.1 Å². The Morgan fingerprint density at radius 3 is 2.61 bits per heavy atom. The van der Waals surface area contributed by atoms with E-state index >= 15 is 0 Å². The average Bonchev–Trinajstić information content (AvgIpc) is 2.41. The molecule has 0 amide bonds. The molecule has 100 valence electrons. The molecular weight excluding hydrogens is 228 g/mol. The van der Waals surface area contributed by atoms with E-state index in [1.807, 2.05) is 12.1 Å². The number of rotatable bonds is 4. The summed E-state index contributed by atoms with van der Waals surface area (Å²) in [5.41, 5.74) is 1.21. The first kappa shape index (κ1) is 13.2. The second kappa shape index (κ2) is 6.07. The molecule has 18 heavy (non-hydrogen) atoms. The molecule has 1 aromatic rings. The van der Waals surface area contributed by atoms with Gasteiger partial charge < -0.3 is 20.1 Å². The molecule has 1 fully saturated rings. The minimum absolute atomic E-state index is 0.445. The molecule has 1 aliphatic heterocycles. The van der Waals surface area contributed by atoms with E-state index in [-0.39, 0.29) is 0 Å². The van der Waals surface area contributed by atoms with Crippen LogP contribution in [0.3, 0.4) is 0 Å². The fraction of sp³-hybridized carbons (Fsp3) is 0.571. The normalized spacial score (nSPS) is 23.7. The molecule has 0 aromatic heterocycles. The summed E-state index contributed by atoms with van der Waals surface area (Å²) in [6.07, 6.45) is 0.960. The van der Waals surface area contributed by atoms with Crippen molar-refractivity contribution in [2.45, 2.75) is 25.4 Å². The summed E-state index contributed by atoms with van der Waals surface area (Å²) in [6.45, 7) is 4.28. The van der Waals surface area contributed by atoms with E-state index in [1.165, 1.54) is 5.56 Å². The summed E-state index contributed by atoms with van der Waals surface area (Å²) in [5, 5.41) is 7.03. The highest BCUT2D eigenvalue weighted by atomic mass is 16.5. The van der Waals surface area contributed by atoms with Crippen molar-refractivity contribution in [2.24, 2.45) is 0 Å². The monoisotopic (exact) mass is 250 g/mol. The Morgan fingerprint density at radius 1 is 1.17 bits per heavy atom. The average molecular weight is 250 g/mol. The lowest BCUT2D eigenvalue weighted by molar-refractivity contribution is 0.331. The first-order valence-electron chi connectivity index (χ1n) is 6.42. The number of nitrogens with one attached hydrogen (secondary N) is 2. The molecule has 0 saturated carbocycles. The van der Waals surface area contributed by atoms with E-state index in [4.69, 9.17) is 9.47 Å². The largest absolute Gasteiger partial charge is 0.497 e. The summed E-state index contributed by atoms with van der Waals surface area (Å²) in [4.78, 5) is 0. The molecule has 1 aromatic carbocycles. The second-order valence-corrected chi connectivity index (χ2v) is 4.69. The van der Waals surface area contributed by atoms with Gasteiger partial charge in [-0.2, -0.15) is 0 Å². The van der Waals surface area contributed by atoms with Crippen molar-refractivity contribution in [1.29, 1.82) is 0 Å². The van der Waals surface area contributed by atoms with E-state index in [0.29, 0.717) is 12.1 Å². The van der Waals surface area contributed by atoms with Crippen LogP contribution in [0.25, 0.3) is 0 Å². The summed E-state index contributed by atoms with van der Waals surface area (Å²) in [7, 11) is 3.37. The summed E-state index contributed by atoms with van der Waals surface area (Å²) in [5.74, 6) is 1.73. The predicted molar refractivity (Wildman–Crippen MR) is 72.5 cm³/mol. The van der Waals surface area contributed by atoms with Crippen LogP contribution >= 0.6 is 0 Å². The summed E-state index contributed by atoms with van der Waals surface area (Å²) in [6, 6.07) is 6.93. The Labute approximate surface area is 109 Å². The van der Waals surface area contributed by atoms with E-state index in [0.717, 1.165) is 31.0 Å². The third kappa shape index (κ3) is 2.94. The maximum absolute atomic E-state index is 5.44. The van der Waals surface area contributed by atoms with Crippen LogP contribution in [0, 0.1) is 0 Å². The van der Waals surface area contributed by atoms with Crippen molar-refractivity contribution in [1.82, 2.24) is 10.6 Å². The molecule has 0 radical (unpaired) electrons. The van der Waals surface area contributed by atoms with Crippen molar-refractivity contribution in [3.8, 4) is 11.5 Å². The maximum atomic E-state index is 5.44. The van der Waals surface area contributed by atoms with Crippen LogP contribution in [0.2, 0.25) is 0 Å². The predicted octanol–water partition coefficient (Wildman–Crippen LogP) is 1.20. The lowest BCUT2D eigenvalue weighted by Gasteiger charge is -2.31. The Kier molecular flexibility index (Phi) is 4.44. The molecule has 0 bridgehead atoms. The van der Waals surface area contributed by atoms with Crippen LogP contribution in [-0.4, -0.2) is 39.4 Å². The SMILES string of the molecule is COc1ccc(CC2NCCNC2C)c(OC)c1. The quantitative estimate of drug-likeness (QED) is 0.842. The highest BCUT2D eigenvalue weighted by Crippen LogP contribution is 2.26. The topological polar surface area (TPSA) is 42.5 Å². The van der Waals surface area contributed by atoms with Crippen molar-refractivity contribution >= 4 is 0 Å². The van der Waals surface area contributed by atoms with Gasteiger partial charge in [0.25, 0.3) is 0 Å². The first-order chi connectivity index (χ1) is 8.74. The lowest BCUT2D eigenvalue weighted by Crippen LogP contribution is -2.55. The second-order valence-electron chi connectivity index (χ2n) is 4.69. The zero-order valence-corrected chi connectivity index (χ0v) is 11.3. The Hall–Kier alpha value is -1.26. The molecule has 1 aliphatic rings. The third-order valence-electron chi connectivity index (χ3n) is 3.54. The first-order valence-corrected chi connectivity index (χ1v) is 6.42. The van der Waals surface area contributed by atoms with E-state index in [1.54, 1.807) is 14.2 Å². The van der Waals surface area contributed by atoms with Gasteiger partial charge in [0.1, 0.15) is 11.5 Å². The standard InChI is InChI=1S/C14H22N2O2/c1-10-13(16-7-6-15-10)8-11-4-5-12(17-2)9-14(11)18-3/h4-5,9-10,13,15-16H,6-8H2,1-3H3. The number of benzene rings is 1. The number of hydrogen-bond donors (Lipinski definition) is 2. The molecule has 1 heterocycles. The molecule has 2 unspecified atom stereocenters. The molecule has 0 aliphatic carbocycles. The lowest BCUT2D eigenvalue weighted by atomic mass is 9.98. The van der Waals surface area contributed by atoms with Crippen molar-refractivity contribution in [3.63, 3.8) is 0 Å². The van der Waals surface area contributed by atoms with Gasteiger partial charge >= 0.3 is 0 Å². The number of ether oxygens (including phenoxy) is 2. The molecule has 1 saturated heterocycles. The van der Waals surface area contributed by atoms with Gasteiger partial charge in [0, 0.05) is 31.2 Å². The summed E-state index contributed by atoms with van der Waals surface area (Å²) < 4.78 is 10.7. The molecule has 2 atom stereocenters. The van der Waals surface area contributed by atoms with Gasteiger partial charge in [-0.15, -0.1) is 0 Å². The maximum Gasteiger partial charge on any atom is 0.125 e. The number of piperazine rings is 1. The van der Waals surface area contributed by atoms with Gasteiger partial charge in [0.15, 0.2) is 0 Å². The van der Waals surface area contributed by atoms with Gasteiger partial charge in [-0.3, -0.25) is 0 Å². The van der Waals surface area contributed by atoms with Gasteiger partial charge in [0.2, 0.25) is 0 Å². The van der Waals surface area contributed by atoms with Crippen molar-refractivity contribution in [2.75, 3.05) is 27.3 Å². The third-order valence-corrected chi connectivity index (χ3v) is 3.54. The molecule has 4 heteroatoms. The molecule has 0 spiro atoms. The van der Waals surface area contributed by atoms with Crippen molar-refractivity contribution in [3.05, 3.63) is 23.8 Å². The minimum Gasteiger partial charge on any atom is -0.497 e. The highest BCUT2D eigenvalue weighted by molar-refractivity contribution is 5.41. The molecule has 2 N–H and O–H groups in total. The Bertz CT molecular complexity index is 395. The minimum atomic E-state index is 0.445. The highest BCUT2D eigenvalue weighted by Gasteiger charge is 2.21. The molecule has 2 rings (SSSR count).